The van der Waals surface area contributed by atoms with Crippen molar-refractivity contribution in [3.05, 3.63) is 29.3 Å². The predicted octanol–water partition coefficient (Wildman–Crippen LogP) is 1.75. The van der Waals surface area contributed by atoms with Crippen LogP contribution in [0.1, 0.15) is 6.92 Å². The van der Waals surface area contributed by atoms with Crippen LogP contribution in [-0.4, -0.2) is 49.8 Å². The molecular weight excluding hydrogens is 278 g/mol. The van der Waals surface area contributed by atoms with E-state index in [4.69, 9.17) is 26.8 Å². The number of halogens is 1. The minimum Gasteiger partial charge on any atom is -0.489 e. The molecule has 0 radical (unpaired) electrons. The monoisotopic (exact) mass is 297 g/mol. The van der Waals surface area contributed by atoms with E-state index in [0.717, 1.165) is 18.8 Å². The summed E-state index contributed by atoms with van der Waals surface area (Å²) < 4.78 is 11.0. The van der Waals surface area contributed by atoms with E-state index in [-0.39, 0.29) is 6.10 Å². The van der Waals surface area contributed by atoms with E-state index in [9.17, 15) is 0 Å². The van der Waals surface area contributed by atoms with E-state index in [1.54, 1.807) is 12.1 Å². The number of guanidine groups is 1. The number of ether oxygens (including phenoxy) is 2. The molecule has 1 aromatic carbocycles. The fourth-order valence-corrected chi connectivity index (χ4v) is 2.02. The van der Waals surface area contributed by atoms with Crippen LogP contribution in [0, 0.1) is 0 Å². The van der Waals surface area contributed by atoms with Gasteiger partial charge in [-0.15, -0.1) is 0 Å². The molecule has 110 valence electrons. The maximum atomic E-state index is 5.96. The van der Waals surface area contributed by atoms with Crippen LogP contribution < -0.4 is 10.5 Å². The average molecular weight is 298 g/mol. The molecule has 1 heterocycles. The molecule has 0 spiro atoms. The van der Waals surface area contributed by atoms with Crippen molar-refractivity contribution in [3.8, 4) is 5.75 Å². The smallest absolute Gasteiger partial charge is 0.191 e. The van der Waals surface area contributed by atoms with E-state index in [2.05, 4.69) is 4.99 Å². The minimum absolute atomic E-state index is 0.0456. The molecule has 1 unspecified atom stereocenters. The topological polar surface area (TPSA) is 60.1 Å². The fourth-order valence-electron chi connectivity index (χ4n) is 1.90. The van der Waals surface area contributed by atoms with Crippen LogP contribution in [0.3, 0.4) is 0 Å². The number of morpholine rings is 1. The lowest BCUT2D eigenvalue weighted by Gasteiger charge is -2.27. The molecule has 0 bridgehead atoms. The van der Waals surface area contributed by atoms with Crippen molar-refractivity contribution in [3.63, 3.8) is 0 Å². The Balaban J connectivity index is 1.81. The zero-order chi connectivity index (χ0) is 14.4. The molecule has 1 aromatic rings. The summed E-state index contributed by atoms with van der Waals surface area (Å²) in [6.07, 6.45) is -0.0456. The van der Waals surface area contributed by atoms with Crippen molar-refractivity contribution >= 4 is 17.6 Å². The van der Waals surface area contributed by atoms with Crippen LogP contribution in [0.4, 0.5) is 0 Å². The molecular formula is C14H20ClN3O2. The van der Waals surface area contributed by atoms with Gasteiger partial charge in [-0.05, 0) is 31.2 Å². The van der Waals surface area contributed by atoms with Gasteiger partial charge in [0.25, 0.3) is 0 Å². The summed E-state index contributed by atoms with van der Waals surface area (Å²) >= 11 is 5.83. The number of aliphatic imine (C=N–C) groups is 1. The van der Waals surface area contributed by atoms with Gasteiger partial charge in [0, 0.05) is 18.1 Å². The summed E-state index contributed by atoms with van der Waals surface area (Å²) in [6, 6.07) is 7.28. The van der Waals surface area contributed by atoms with E-state index in [0.29, 0.717) is 30.7 Å². The van der Waals surface area contributed by atoms with Gasteiger partial charge >= 0.3 is 0 Å². The Morgan fingerprint density at radius 2 is 2.05 bits per heavy atom. The van der Waals surface area contributed by atoms with Gasteiger partial charge in [0.15, 0.2) is 5.96 Å². The van der Waals surface area contributed by atoms with Gasteiger partial charge in [-0.1, -0.05) is 11.6 Å². The average Bonchev–Trinajstić information content (AvgIpc) is 2.48. The van der Waals surface area contributed by atoms with E-state index >= 15 is 0 Å². The van der Waals surface area contributed by atoms with Gasteiger partial charge in [-0.2, -0.15) is 0 Å². The zero-order valence-electron chi connectivity index (χ0n) is 11.6. The van der Waals surface area contributed by atoms with Crippen LogP contribution in [0.15, 0.2) is 29.3 Å². The van der Waals surface area contributed by atoms with Crippen LogP contribution in [-0.2, 0) is 4.74 Å². The van der Waals surface area contributed by atoms with Gasteiger partial charge in [0.2, 0.25) is 0 Å². The number of nitrogens with zero attached hydrogens (tertiary/aromatic N) is 2. The Bertz CT molecular complexity index is 444. The molecule has 1 aliphatic heterocycles. The lowest BCUT2D eigenvalue weighted by Crippen LogP contribution is -2.45. The summed E-state index contributed by atoms with van der Waals surface area (Å²) in [5.74, 6) is 1.34. The molecule has 2 rings (SSSR count). The molecule has 1 fully saturated rings. The van der Waals surface area contributed by atoms with Crippen LogP contribution in [0.25, 0.3) is 0 Å². The lowest BCUT2D eigenvalue weighted by molar-refractivity contribution is 0.0673. The third-order valence-corrected chi connectivity index (χ3v) is 3.25. The fraction of sp³-hybridized carbons (Fsp3) is 0.500. The summed E-state index contributed by atoms with van der Waals surface area (Å²) in [5, 5.41) is 0.694. The van der Waals surface area contributed by atoms with Gasteiger partial charge in [0.05, 0.1) is 19.8 Å². The molecule has 1 saturated heterocycles. The number of benzene rings is 1. The minimum atomic E-state index is -0.0456. The lowest BCUT2D eigenvalue weighted by atomic mass is 10.3. The summed E-state index contributed by atoms with van der Waals surface area (Å²) in [6.45, 7) is 5.47. The molecule has 0 aliphatic carbocycles. The van der Waals surface area contributed by atoms with Crippen LogP contribution in [0.2, 0.25) is 5.02 Å². The van der Waals surface area contributed by atoms with E-state index in [1.165, 1.54) is 0 Å². The Morgan fingerprint density at radius 1 is 1.40 bits per heavy atom. The highest BCUT2D eigenvalue weighted by Gasteiger charge is 2.12. The van der Waals surface area contributed by atoms with Gasteiger partial charge in [-0.25, -0.2) is 4.99 Å². The molecule has 2 N–H and O–H groups in total. The third-order valence-electron chi connectivity index (χ3n) is 3.00. The summed E-state index contributed by atoms with van der Waals surface area (Å²) in [7, 11) is 0. The Morgan fingerprint density at radius 3 is 2.70 bits per heavy atom. The van der Waals surface area contributed by atoms with Gasteiger partial charge in [0.1, 0.15) is 11.9 Å². The first-order valence-electron chi connectivity index (χ1n) is 6.70. The molecule has 20 heavy (non-hydrogen) atoms. The number of rotatable bonds is 4. The Hall–Kier alpha value is -1.46. The van der Waals surface area contributed by atoms with Crippen molar-refractivity contribution in [1.29, 1.82) is 0 Å². The molecule has 1 atom stereocenters. The second kappa shape index (κ2) is 7.36. The highest BCUT2D eigenvalue weighted by Crippen LogP contribution is 2.16. The van der Waals surface area contributed by atoms with Crippen molar-refractivity contribution in [2.75, 3.05) is 32.8 Å². The van der Waals surface area contributed by atoms with E-state index < -0.39 is 0 Å². The highest BCUT2D eigenvalue weighted by molar-refractivity contribution is 6.30. The maximum Gasteiger partial charge on any atom is 0.191 e. The molecule has 0 saturated carbocycles. The Kier molecular flexibility index (Phi) is 5.49. The number of hydrogen-bond acceptors (Lipinski definition) is 3. The Labute approximate surface area is 124 Å². The van der Waals surface area contributed by atoms with Crippen molar-refractivity contribution in [1.82, 2.24) is 4.90 Å². The molecule has 0 amide bonds. The quantitative estimate of drug-likeness (QED) is 0.679. The first kappa shape index (κ1) is 14.9. The summed E-state index contributed by atoms with van der Waals surface area (Å²) in [5.41, 5.74) is 5.96. The van der Waals surface area contributed by atoms with Gasteiger partial charge in [-0.3, -0.25) is 0 Å². The van der Waals surface area contributed by atoms with E-state index in [1.807, 2.05) is 24.0 Å². The first-order chi connectivity index (χ1) is 9.65. The molecule has 1 aliphatic rings. The summed E-state index contributed by atoms with van der Waals surface area (Å²) in [4.78, 5) is 6.40. The second-order valence-electron chi connectivity index (χ2n) is 4.68. The molecule has 5 nitrogen and oxygen atoms in total. The van der Waals surface area contributed by atoms with Crippen molar-refractivity contribution in [2.24, 2.45) is 10.7 Å². The first-order valence-corrected chi connectivity index (χ1v) is 7.08. The molecule has 0 aromatic heterocycles. The molecule has 6 heteroatoms. The third kappa shape index (κ3) is 4.58. The second-order valence-corrected chi connectivity index (χ2v) is 5.12. The predicted molar refractivity (Wildman–Crippen MR) is 80.4 cm³/mol. The zero-order valence-corrected chi connectivity index (χ0v) is 12.3. The van der Waals surface area contributed by atoms with Crippen LogP contribution in [0.5, 0.6) is 5.75 Å². The number of hydrogen-bond donors (Lipinski definition) is 1. The van der Waals surface area contributed by atoms with Crippen LogP contribution >= 0.6 is 11.6 Å². The number of nitrogens with two attached hydrogens (primary N) is 1. The normalized spacial score (nSPS) is 17.9. The highest BCUT2D eigenvalue weighted by atomic mass is 35.5. The maximum absolute atomic E-state index is 5.96. The van der Waals surface area contributed by atoms with Crippen molar-refractivity contribution in [2.45, 2.75) is 13.0 Å². The SMILES string of the molecule is CC(CN=C(N)N1CCOCC1)Oc1ccc(Cl)cc1. The largest absolute Gasteiger partial charge is 0.489 e. The van der Waals surface area contributed by atoms with Crippen molar-refractivity contribution < 1.29 is 9.47 Å². The standard InChI is InChI=1S/C14H20ClN3O2/c1-11(20-13-4-2-12(15)3-5-13)10-17-14(16)18-6-8-19-9-7-18/h2-5,11H,6-10H2,1H3,(H2,16,17). The van der Waals surface area contributed by atoms with Gasteiger partial charge < -0.3 is 20.1 Å².